The topological polar surface area (TPSA) is 3.24 Å². The standard InChI is InChI=1S/C31H20BrN/c32-21-18-19-28-30(20-21)33(22-10-2-1-3-11-22)29-17-9-8-16-27(29)31(28)25-14-6-4-12-23(25)24-13-5-7-15-26(24)31/h1-20H. The second-order valence-electron chi connectivity index (χ2n) is 8.69. The lowest BCUT2D eigenvalue weighted by molar-refractivity contribution is 0.752. The smallest absolute Gasteiger partial charge is 0.0754 e. The number of hydrogen-bond acceptors (Lipinski definition) is 1. The van der Waals surface area contributed by atoms with Crippen LogP contribution in [0.2, 0.25) is 0 Å². The summed E-state index contributed by atoms with van der Waals surface area (Å²) in [5.74, 6) is 0. The van der Waals surface area contributed by atoms with Gasteiger partial charge in [0.25, 0.3) is 0 Å². The highest BCUT2D eigenvalue weighted by Crippen LogP contribution is 2.63. The van der Waals surface area contributed by atoms with Crippen LogP contribution in [-0.2, 0) is 5.41 Å². The van der Waals surface area contributed by atoms with Gasteiger partial charge in [0.2, 0.25) is 0 Å². The molecule has 5 aromatic carbocycles. The van der Waals surface area contributed by atoms with E-state index in [4.69, 9.17) is 0 Å². The first kappa shape index (κ1) is 18.9. The van der Waals surface area contributed by atoms with Crippen LogP contribution in [0.15, 0.2) is 126 Å². The summed E-state index contributed by atoms with van der Waals surface area (Å²) in [5.41, 5.74) is 11.2. The Bertz CT molecular complexity index is 1490. The third kappa shape index (κ3) is 2.42. The van der Waals surface area contributed by atoms with Crippen molar-refractivity contribution < 1.29 is 0 Å². The molecule has 1 heterocycles. The van der Waals surface area contributed by atoms with Crippen LogP contribution in [0.3, 0.4) is 0 Å². The molecule has 0 unspecified atom stereocenters. The minimum Gasteiger partial charge on any atom is -0.310 e. The minimum atomic E-state index is -0.356. The molecular formula is C31H20BrN. The summed E-state index contributed by atoms with van der Waals surface area (Å²) in [5, 5.41) is 0. The summed E-state index contributed by atoms with van der Waals surface area (Å²) >= 11 is 3.76. The molecule has 0 radical (unpaired) electrons. The van der Waals surface area contributed by atoms with Crippen LogP contribution in [0.5, 0.6) is 0 Å². The highest BCUT2D eigenvalue weighted by molar-refractivity contribution is 9.10. The molecule has 0 saturated carbocycles. The van der Waals surface area contributed by atoms with Gasteiger partial charge in [-0.3, -0.25) is 0 Å². The van der Waals surface area contributed by atoms with E-state index >= 15 is 0 Å². The molecular weight excluding hydrogens is 466 g/mol. The van der Waals surface area contributed by atoms with Gasteiger partial charge in [-0.05, 0) is 63.7 Å². The zero-order valence-electron chi connectivity index (χ0n) is 17.9. The first-order valence-corrected chi connectivity index (χ1v) is 12.0. The highest BCUT2D eigenvalue weighted by Gasteiger charge is 2.51. The van der Waals surface area contributed by atoms with Crippen molar-refractivity contribution in [2.24, 2.45) is 0 Å². The predicted molar refractivity (Wildman–Crippen MR) is 140 cm³/mol. The quantitative estimate of drug-likeness (QED) is 0.225. The molecule has 2 aliphatic rings. The van der Waals surface area contributed by atoms with Gasteiger partial charge in [0.1, 0.15) is 0 Å². The van der Waals surface area contributed by atoms with Gasteiger partial charge < -0.3 is 4.90 Å². The molecule has 1 nitrogen and oxygen atoms in total. The normalized spacial score (nSPS) is 14.4. The Balaban J connectivity index is 1.68. The van der Waals surface area contributed by atoms with E-state index < -0.39 is 0 Å². The lowest BCUT2D eigenvalue weighted by Crippen LogP contribution is -2.36. The SMILES string of the molecule is Brc1ccc2c(c1)N(c1ccccc1)c1ccccc1C21c2ccccc2-c2ccccc21. The molecule has 156 valence electrons. The second-order valence-corrected chi connectivity index (χ2v) is 9.61. The van der Waals surface area contributed by atoms with Crippen molar-refractivity contribution in [3.63, 3.8) is 0 Å². The molecule has 33 heavy (non-hydrogen) atoms. The van der Waals surface area contributed by atoms with Crippen molar-refractivity contribution >= 4 is 33.0 Å². The Hall–Kier alpha value is -3.62. The van der Waals surface area contributed by atoms with Crippen LogP contribution >= 0.6 is 15.9 Å². The van der Waals surface area contributed by atoms with Crippen LogP contribution in [0, 0.1) is 0 Å². The van der Waals surface area contributed by atoms with Crippen LogP contribution in [0.25, 0.3) is 11.1 Å². The summed E-state index contributed by atoms with van der Waals surface area (Å²) in [6.07, 6.45) is 0. The second kappa shape index (κ2) is 6.94. The predicted octanol–water partition coefficient (Wildman–Crippen LogP) is 8.60. The molecule has 5 aromatic rings. The summed E-state index contributed by atoms with van der Waals surface area (Å²) in [6.45, 7) is 0. The van der Waals surface area contributed by atoms with Crippen LogP contribution in [-0.4, -0.2) is 0 Å². The van der Waals surface area contributed by atoms with E-state index in [1.807, 2.05) is 0 Å². The average Bonchev–Trinajstić information content (AvgIpc) is 3.16. The van der Waals surface area contributed by atoms with Gasteiger partial charge in [0, 0.05) is 10.2 Å². The maximum atomic E-state index is 3.76. The number of hydrogen-bond donors (Lipinski definition) is 0. The van der Waals surface area contributed by atoms with Crippen molar-refractivity contribution in [1.82, 2.24) is 0 Å². The van der Waals surface area contributed by atoms with Gasteiger partial charge in [-0.2, -0.15) is 0 Å². The van der Waals surface area contributed by atoms with E-state index in [1.165, 1.54) is 50.4 Å². The summed E-state index contributed by atoms with van der Waals surface area (Å²) < 4.78 is 1.08. The third-order valence-corrected chi connectivity index (χ3v) is 7.61. The van der Waals surface area contributed by atoms with E-state index in [1.54, 1.807) is 0 Å². The molecule has 1 aliphatic carbocycles. The lowest BCUT2D eigenvalue weighted by Gasteiger charge is -2.45. The Labute approximate surface area is 202 Å². The van der Waals surface area contributed by atoms with Gasteiger partial charge in [0.05, 0.1) is 16.8 Å². The number of benzene rings is 5. The number of fused-ring (bicyclic) bond motifs is 9. The Morgan fingerprint density at radius 3 is 1.73 bits per heavy atom. The molecule has 0 fully saturated rings. The molecule has 0 aromatic heterocycles. The number of rotatable bonds is 1. The third-order valence-electron chi connectivity index (χ3n) is 7.12. The van der Waals surface area contributed by atoms with Crippen LogP contribution < -0.4 is 4.90 Å². The van der Waals surface area contributed by atoms with Crippen LogP contribution in [0.1, 0.15) is 22.3 Å². The molecule has 0 bridgehead atoms. The van der Waals surface area contributed by atoms with Crippen LogP contribution in [0.4, 0.5) is 17.1 Å². The van der Waals surface area contributed by atoms with E-state index in [-0.39, 0.29) is 5.41 Å². The summed E-state index contributed by atoms with van der Waals surface area (Å²) in [6, 6.07) is 44.2. The minimum absolute atomic E-state index is 0.356. The number of para-hydroxylation sites is 2. The monoisotopic (exact) mass is 485 g/mol. The van der Waals surface area contributed by atoms with Crippen molar-refractivity contribution in [2.75, 3.05) is 4.90 Å². The van der Waals surface area contributed by atoms with E-state index in [0.717, 1.165) is 4.47 Å². The first-order valence-electron chi connectivity index (χ1n) is 11.2. The fourth-order valence-corrected chi connectivity index (χ4v) is 6.29. The summed E-state index contributed by atoms with van der Waals surface area (Å²) in [7, 11) is 0. The summed E-state index contributed by atoms with van der Waals surface area (Å²) in [4.78, 5) is 2.41. The van der Waals surface area contributed by atoms with Gasteiger partial charge in [-0.25, -0.2) is 0 Å². The van der Waals surface area contributed by atoms with Crippen molar-refractivity contribution in [2.45, 2.75) is 5.41 Å². The average molecular weight is 486 g/mol. The maximum Gasteiger partial charge on any atom is 0.0754 e. The lowest BCUT2D eigenvalue weighted by atomic mass is 9.64. The fourth-order valence-electron chi connectivity index (χ4n) is 5.94. The molecule has 0 atom stereocenters. The Kier molecular flexibility index (Phi) is 3.97. The molecule has 0 amide bonds. The van der Waals surface area contributed by atoms with Gasteiger partial charge in [-0.15, -0.1) is 0 Å². The van der Waals surface area contributed by atoms with Crippen molar-refractivity contribution in [1.29, 1.82) is 0 Å². The van der Waals surface area contributed by atoms with E-state index in [9.17, 15) is 0 Å². The Morgan fingerprint density at radius 1 is 0.485 bits per heavy atom. The van der Waals surface area contributed by atoms with E-state index in [0.29, 0.717) is 0 Å². The molecule has 7 rings (SSSR count). The van der Waals surface area contributed by atoms with Crippen molar-refractivity contribution in [3.05, 3.63) is 148 Å². The Morgan fingerprint density at radius 2 is 1.03 bits per heavy atom. The van der Waals surface area contributed by atoms with Crippen molar-refractivity contribution in [3.8, 4) is 11.1 Å². The fraction of sp³-hybridized carbons (Fsp3) is 0.0323. The molecule has 0 saturated heterocycles. The maximum absolute atomic E-state index is 3.76. The van der Waals surface area contributed by atoms with Gasteiger partial charge >= 0.3 is 0 Å². The highest BCUT2D eigenvalue weighted by atomic mass is 79.9. The molecule has 1 aliphatic heterocycles. The number of anilines is 3. The molecule has 0 N–H and O–H groups in total. The van der Waals surface area contributed by atoms with E-state index in [2.05, 4.69) is 142 Å². The first-order chi connectivity index (χ1) is 16.3. The number of halogens is 1. The molecule has 1 spiro atoms. The zero-order valence-corrected chi connectivity index (χ0v) is 19.5. The van der Waals surface area contributed by atoms with Gasteiger partial charge in [0.15, 0.2) is 0 Å². The molecule has 2 heteroatoms. The zero-order chi connectivity index (χ0) is 22.0. The van der Waals surface area contributed by atoms with Gasteiger partial charge in [-0.1, -0.05) is 107 Å². The number of nitrogens with zero attached hydrogens (tertiary/aromatic N) is 1. The largest absolute Gasteiger partial charge is 0.310 e.